The Balaban J connectivity index is 1.97. The summed E-state index contributed by atoms with van der Waals surface area (Å²) >= 11 is 0. The zero-order valence-electron chi connectivity index (χ0n) is 11.5. The van der Waals surface area contributed by atoms with Crippen LogP contribution >= 0.6 is 0 Å². The fourth-order valence-corrected chi connectivity index (χ4v) is 2.84. The summed E-state index contributed by atoms with van der Waals surface area (Å²) in [5, 5.41) is 0. The van der Waals surface area contributed by atoms with Crippen LogP contribution in [0.2, 0.25) is 0 Å². The van der Waals surface area contributed by atoms with Gasteiger partial charge >= 0.3 is 0 Å². The van der Waals surface area contributed by atoms with Gasteiger partial charge in [0.25, 0.3) is 0 Å². The zero-order valence-corrected chi connectivity index (χ0v) is 11.5. The zero-order chi connectivity index (χ0) is 14.1. The highest BCUT2D eigenvalue weighted by atomic mass is 19.1. The molecule has 2 unspecified atom stereocenters. The molecule has 0 fully saturated rings. The van der Waals surface area contributed by atoms with Gasteiger partial charge in [-0.15, -0.1) is 0 Å². The van der Waals surface area contributed by atoms with Crippen molar-refractivity contribution in [2.75, 3.05) is 0 Å². The van der Waals surface area contributed by atoms with E-state index in [0.29, 0.717) is 12.2 Å². The highest BCUT2D eigenvalue weighted by Gasteiger charge is 2.28. The van der Waals surface area contributed by atoms with Gasteiger partial charge in [-0.1, -0.05) is 31.2 Å². The summed E-state index contributed by atoms with van der Waals surface area (Å²) < 4.78 is 19.3. The predicted octanol–water partition coefficient (Wildman–Crippen LogP) is 3.91. The quantitative estimate of drug-likeness (QED) is 0.898. The molecule has 1 aliphatic heterocycles. The van der Waals surface area contributed by atoms with Gasteiger partial charge in [0.2, 0.25) is 0 Å². The van der Waals surface area contributed by atoms with Crippen LogP contribution in [0.25, 0.3) is 0 Å². The lowest BCUT2D eigenvalue weighted by Gasteiger charge is -2.31. The fourth-order valence-electron chi connectivity index (χ4n) is 2.84. The summed E-state index contributed by atoms with van der Waals surface area (Å²) in [4.78, 5) is 0. The molecule has 2 N–H and O–H groups in total. The first-order chi connectivity index (χ1) is 9.69. The summed E-state index contributed by atoms with van der Waals surface area (Å²) in [5.41, 5.74) is 9.40. The van der Waals surface area contributed by atoms with E-state index in [2.05, 4.69) is 19.1 Å². The first kappa shape index (κ1) is 13.1. The number of nitrogens with two attached hydrogens (primary N) is 1. The molecule has 104 valence electrons. The van der Waals surface area contributed by atoms with Gasteiger partial charge in [-0.3, -0.25) is 0 Å². The second-order valence-electron chi connectivity index (χ2n) is 5.18. The molecule has 0 bridgehead atoms. The first-order valence-electron chi connectivity index (χ1n) is 6.98. The van der Waals surface area contributed by atoms with E-state index in [-0.39, 0.29) is 18.0 Å². The molecule has 2 nitrogen and oxygen atoms in total. The molecule has 1 heterocycles. The lowest BCUT2D eigenvalue weighted by molar-refractivity contribution is 0.160. The van der Waals surface area contributed by atoms with Crippen LogP contribution < -0.4 is 10.5 Å². The van der Waals surface area contributed by atoms with Crippen LogP contribution in [0.1, 0.15) is 42.2 Å². The average Bonchev–Trinajstić information content (AvgIpc) is 2.47. The van der Waals surface area contributed by atoms with E-state index >= 15 is 0 Å². The summed E-state index contributed by atoms with van der Waals surface area (Å²) in [5.74, 6) is 0.427. The molecule has 0 aliphatic carbocycles. The van der Waals surface area contributed by atoms with Crippen molar-refractivity contribution in [3.8, 4) is 5.75 Å². The van der Waals surface area contributed by atoms with Gasteiger partial charge in [0.05, 0.1) is 0 Å². The van der Waals surface area contributed by atoms with Gasteiger partial charge in [-0.05, 0) is 35.7 Å². The number of rotatable bonds is 2. The molecule has 0 radical (unpaired) electrons. The van der Waals surface area contributed by atoms with E-state index in [1.165, 1.54) is 23.3 Å². The van der Waals surface area contributed by atoms with Crippen molar-refractivity contribution in [3.05, 3.63) is 65.0 Å². The molecule has 3 heteroatoms. The molecule has 2 aromatic rings. The fraction of sp³-hybridized carbons (Fsp3) is 0.294. The van der Waals surface area contributed by atoms with Crippen molar-refractivity contribution in [2.45, 2.75) is 31.9 Å². The number of benzene rings is 2. The van der Waals surface area contributed by atoms with E-state index in [9.17, 15) is 4.39 Å². The van der Waals surface area contributed by atoms with E-state index in [1.807, 2.05) is 12.1 Å². The van der Waals surface area contributed by atoms with Crippen molar-refractivity contribution in [3.63, 3.8) is 0 Å². The molecular weight excluding hydrogens is 253 g/mol. The Morgan fingerprint density at radius 2 is 2.00 bits per heavy atom. The first-order valence-corrected chi connectivity index (χ1v) is 6.98. The van der Waals surface area contributed by atoms with E-state index in [1.54, 1.807) is 6.07 Å². The smallest absolute Gasteiger partial charge is 0.126 e. The Morgan fingerprint density at radius 3 is 2.80 bits per heavy atom. The van der Waals surface area contributed by atoms with E-state index < -0.39 is 0 Å². The highest BCUT2D eigenvalue weighted by Crippen LogP contribution is 2.40. The number of aryl methyl sites for hydroxylation is 1. The number of ether oxygens (including phenoxy) is 1. The van der Waals surface area contributed by atoms with Gasteiger partial charge < -0.3 is 10.5 Å². The van der Waals surface area contributed by atoms with Crippen LogP contribution in [-0.2, 0) is 6.42 Å². The van der Waals surface area contributed by atoms with Crippen molar-refractivity contribution in [1.82, 2.24) is 0 Å². The minimum absolute atomic E-state index is 0.0564. The molecule has 20 heavy (non-hydrogen) atoms. The molecular formula is C17H18FNO. The maximum Gasteiger partial charge on any atom is 0.126 e. The third kappa shape index (κ3) is 2.29. The standard InChI is InChI=1S/C17H18FNO/c1-2-11-5-3-4-6-13(11)17-10-15(19)14-9-12(18)7-8-16(14)20-17/h3-9,15,17H,2,10,19H2,1H3. The maximum atomic E-state index is 13.3. The summed E-state index contributed by atoms with van der Waals surface area (Å²) in [7, 11) is 0. The third-order valence-electron chi connectivity index (χ3n) is 3.89. The predicted molar refractivity (Wildman–Crippen MR) is 77.1 cm³/mol. The summed E-state index contributed by atoms with van der Waals surface area (Å²) in [6, 6.07) is 12.6. The summed E-state index contributed by atoms with van der Waals surface area (Å²) in [6.07, 6.45) is 1.58. The topological polar surface area (TPSA) is 35.2 Å². The van der Waals surface area contributed by atoms with Crippen molar-refractivity contribution in [1.29, 1.82) is 0 Å². The highest BCUT2D eigenvalue weighted by molar-refractivity contribution is 5.40. The molecule has 0 saturated heterocycles. The Bertz CT molecular complexity index is 626. The monoisotopic (exact) mass is 271 g/mol. The Labute approximate surface area is 118 Å². The Kier molecular flexibility index (Phi) is 3.45. The number of halogens is 1. The largest absolute Gasteiger partial charge is 0.485 e. The van der Waals surface area contributed by atoms with Crippen LogP contribution in [0.3, 0.4) is 0 Å². The number of hydrogen-bond donors (Lipinski definition) is 1. The number of hydrogen-bond acceptors (Lipinski definition) is 2. The SMILES string of the molecule is CCc1ccccc1C1CC(N)c2cc(F)ccc2O1. The van der Waals surface area contributed by atoms with E-state index in [0.717, 1.165) is 12.0 Å². The van der Waals surface area contributed by atoms with Gasteiger partial charge in [-0.25, -0.2) is 4.39 Å². The van der Waals surface area contributed by atoms with Gasteiger partial charge in [-0.2, -0.15) is 0 Å². The van der Waals surface area contributed by atoms with Crippen LogP contribution in [-0.4, -0.2) is 0 Å². The van der Waals surface area contributed by atoms with Gasteiger partial charge in [0.15, 0.2) is 0 Å². The molecule has 2 aromatic carbocycles. The molecule has 1 aliphatic rings. The second-order valence-corrected chi connectivity index (χ2v) is 5.18. The Morgan fingerprint density at radius 1 is 1.20 bits per heavy atom. The van der Waals surface area contributed by atoms with Gasteiger partial charge in [0, 0.05) is 18.0 Å². The van der Waals surface area contributed by atoms with Crippen LogP contribution in [0.5, 0.6) is 5.75 Å². The van der Waals surface area contributed by atoms with Crippen molar-refractivity contribution in [2.24, 2.45) is 5.73 Å². The maximum absolute atomic E-state index is 13.3. The normalized spacial score (nSPS) is 21.1. The van der Waals surface area contributed by atoms with Crippen LogP contribution in [0, 0.1) is 5.82 Å². The Hall–Kier alpha value is -1.87. The molecule has 0 spiro atoms. The van der Waals surface area contributed by atoms with Gasteiger partial charge in [0.1, 0.15) is 17.7 Å². The second kappa shape index (κ2) is 5.25. The molecule has 0 aromatic heterocycles. The molecule has 2 atom stereocenters. The van der Waals surface area contributed by atoms with Crippen molar-refractivity contribution < 1.29 is 9.13 Å². The molecule has 0 amide bonds. The molecule has 0 saturated carbocycles. The molecule has 3 rings (SSSR count). The lowest BCUT2D eigenvalue weighted by Crippen LogP contribution is -2.25. The lowest BCUT2D eigenvalue weighted by atomic mass is 9.91. The van der Waals surface area contributed by atoms with Crippen molar-refractivity contribution >= 4 is 0 Å². The van der Waals surface area contributed by atoms with Crippen LogP contribution in [0.4, 0.5) is 4.39 Å². The van der Waals surface area contributed by atoms with Crippen LogP contribution in [0.15, 0.2) is 42.5 Å². The average molecular weight is 271 g/mol. The minimum Gasteiger partial charge on any atom is -0.485 e. The summed E-state index contributed by atoms with van der Waals surface area (Å²) in [6.45, 7) is 2.13. The minimum atomic E-state index is -0.268. The third-order valence-corrected chi connectivity index (χ3v) is 3.89. The van der Waals surface area contributed by atoms with E-state index in [4.69, 9.17) is 10.5 Å². The number of fused-ring (bicyclic) bond motifs is 1.